The van der Waals surface area contributed by atoms with Gasteiger partial charge in [0.15, 0.2) is 0 Å². The molecular formula is C11H23NO4. The van der Waals surface area contributed by atoms with Crippen molar-refractivity contribution in [2.45, 2.75) is 63.8 Å². The summed E-state index contributed by atoms with van der Waals surface area (Å²) in [7, 11) is 0. The van der Waals surface area contributed by atoms with Gasteiger partial charge in [0.25, 0.3) is 0 Å². The third-order valence-corrected chi connectivity index (χ3v) is 3.19. The van der Waals surface area contributed by atoms with Crippen LogP contribution in [0.15, 0.2) is 0 Å². The first-order chi connectivity index (χ1) is 7.41. The van der Waals surface area contributed by atoms with Gasteiger partial charge in [-0.2, -0.15) is 0 Å². The number of hydrogen-bond acceptors (Lipinski definition) is 5. The predicted octanol–water partition coefficient (Wildman–Crippen LogP) is -0.421. The smallest absolute Gasteiger partial charge is 0.109 e. The molecule has 2 unspecified atom stereocenters. The molecule has 1 saturated heterocycles. The van der Waals surface area contributed by atoms with Crippen LogP contribution < -0.4 is 5.73 Å². The first kappa shape index (κ1) is 13.9. The molecule has 0 aromatic carbocycles. The van der Waals surface area contributed by atoms with Crippen molar-refractivity contribution in [3.05, 3.63) is 0 Å². The molecule has 6 atom stereocenters. The molecule has 1 aliphatic heterocycles. The summed E-state index contributed by atoms with van der Waals surface area (Å²) in [5.74, 6) is 0.301. The molecule has 5 N–H and O–H groups in total. The Morgan fingerprint density at radius 3 is 2.31 bits per heavy atom. The van der Waals surface area contributed by atoms with Crippen molar-refractivity contribution in [1.29, 1.82) is 0 Å². The first-order valence-corrected chi connectivity index (χ1v) is 5.87. The van der Waals surface area contributed by atoms with Gasteiger partial charge in [-0.05, 0) is 32.1 Å². The number of aliphatic hydroxyl groups excluding tert-OH is 3. The van der Waals surface area contributed by atoms with Crippen molar-refractivity contribution in [1.82, 2.24) is 0 Å². The number of aliphatic hydroxyl groups is 3. The lowest BCUT2D eigenvalue weighted by Crippen LogP contribution is -2.32. The standard InChI is InChI=1S/C11H23NO4/c1-6(3-4-9(12)13)5-8-11(15)10(14)7(2)16-8/h6-11,13-15H,3-5,12H2,1-2H3/t6?,7-,8+,9?,10+,11-/m0/s1. The summed E-state index contributed by atoms with van der Waals surface area (Å²) in [4.78, 5) is 0. The third kappa shape index (κ3) is 3.68. The minimum absolute atomic E-state index is 0.301. The van der Waals surface area contributed by atoms with Crippen LogP contribution in [0.1, 0.15) is 33.1 Å². The van der Waals surface area contributed by atoms with E-state index >= 15 is 0 Å². The van der Waals surface area contributed by atoms with Crippen molar-refractivity contribution in [3.8, 4) is 0 Å². The normalized spacial score (nSPS) is 38.6. The summed E-state index contributed by atoms with van der Waals surface area (Å²) in [5, 5.41) is 28.2. The second-order valence-corrected chi connectivity index (χ2v) is 4.85. The molecule has 0 radical (unpaired) electrons. The van der Waals surface area contributed by atoms with Gasteiger partial charge < -0.3 is 25.8 Å². The fourth-order valence-electron chi connectivity index (χ4n) is 2.10. The second kappa shape index (κ2) is 5.93. The molecule has 0 aliphatic carbocycles. The molecule has 1 rings (SSSR count). The highest BCUT2D eigenvalue weighted by molar-refractivity contribution is 4.89. The van der Waals surface area contributed by atoms with E-state index in [9.17, 15) is 10.2 Å². The third-order valence-electron chi connectivity index (χ3n) is 3.19. The van der Waals surface area contributed by atoms with Crippen LogP contribution in [0.2, 0.25) is 0 Å². The zero-order chi connectivity index (χ0) is 12.3. The van der Waals surface area contributed by atoms with Crippen molar-refractivity contribution in [2.24, 2.45) is 11.7 Å². The van der Waals surface area contributed by atoms with Crippen LogP contribution in [0.3, 0.4) is 0 Å². The van der Waals surface area contributed by atoms with Crippen molar-refractivity contribution in [3.63, 3.8) is 0 Å². The Kier molecular flexibility index (Phi) is 5.14. The Bertz CT molecular complexity index is 212. The topological polar surface area (TPSA) is 95.9 Å². The average molecular weight is 233 g/mol. The Labute approximate surface area is 96.2 Å². The lowest BCUT2D eigenvalue weighted by Gasteiger charge is -2.19. The van der Waals surface area contributed by atoms with E-state index in [1.54, 1.807) is 6.92 Å². The van der Waals surface area contributed by atoms with E-state index in [-0.39, 0.29) is 12.2 Å². The molecule has 0 bridgehead atoms. The summed E-state index contributed by atoms with van der Waals surface area (Å²) in [6.07, 6.45) is -0.993. The molecule has 1 aliphatic rings. The monoisotopic (exact) mass is 233 g/mol. The highest BCUT2D eigenvalue weighted by Gasteiger charge is 2.40. The molecule has 16 heavy (non-hydrogen) atoms. The number of rotatable bonds is 5. The highest BCUT2D eigenvalue weighted by atomic mass is 16.5. The van der Waals surface area contributed by atoms with Crippen LogP contribution in [0, 0.1) is 5.92 Å². The number of ether oxygens (including phenoxy) is 1. The maximum absolute atomic E-state index is 9.71. The Morgan fingerprint density at radius 2 is 1.88 bits per heavy atom. The molecule has 1 fully saturated rings. The summed E-state index contributed by atoms with van der Waals surface area (Å²) in [6, 6.07) is 0. The van der Waals surface area contributed by atoms with Gasteiger partial charge in [0, 0.05) is 0 Å². The molecule has 0 saturated carbocycles. The minimum Gasteiger partial charge on any atom is -0.388 e. The molecule has 5 nitrogen and oxygen atoms in total. The highest BCUT2D eigenvalue weighted by Crippen LogP contribution is 2.27. The van der Waals surface area contributed by atoms with Gasteiger partial charge >= 0.3 is 0 Å². The van der Waals surface area contributed by atoms with Gasteiger partial charge in [0.05, 0.1) is 12.2 Å². The van der Waals surface area contributed by atoms with Gasteiger partial charge in [0.1, 0.15) is 18.4 Å². The van der Waals surface area contributed by atoms with E-state index in [0.29, 0.717) is 18.8 Å². The molecule has 0 aromatic rings. The quantitative estimate of drug-likeness (QED) is 0.484. The zero-order valence-electron chi connectivity index (χ0n) is 9.91. The van der Waals surface area contributed by atoms with E-state index in [0.717, 1.165) is 6.42 Å². The average Bonchev–Trinajstić information content (AvgIpc) is 2.43. The van der Waals surface area contributed by atoms with Crippen LogP contribution >= 0.6 is 0 Å². The summed E-state index contributed by atoms with van der Waals surface area (Å²) in [5.41, 5.74) is 5.26. The van der Waals surface area contributed by atoms with Gasteiger partial charge in [-0.15, -0.1) is 0 Å². The SMILES string of the molecule is CC(CCC(N)O)C[C@H]1O[C@@H](C)[C@@H](O)[C@H]1O. The summed E-state index contributed by atoms with van der Waals surface area (Å²) in [6.45, 7) is 3.77. The van der Waals surface area contributed by atoms with E-state index in [1.165, 1.54) is 0 Å². The van der Waals surface area contributed by atoms with Crippen LogP contribution in [0.5, 0.6) is 0 Å². The minimum atomic E-state index is -0.805. The van der Waals surface area contributed by atoms with E-state index in [1.807, 2.05) is 6.92 Å². The predicted molar refractivity (Wildman–Crippen MR) is 59.6 cm³/mol. The maximum atomic E-state index is 9.71. The Balaban J connectivity index is 2.31. The zero-order valence-corrected chi connectivity index (χ0v) is 9.91. The van der Waals surface area contributed by atoms with Crippen LogP contribution in [0.25, 0.3) is 0 Å². The van der Waals surface area contributed by atoms with E-state index in [4.69, 9.17) is 15.6 Å². The first-order valence-electron chi connectivity index (χ1n) is 5.87. The van der Waals surface area contributed by atoms with Crippen LogP contribution in [-0.2, 0) is 4.74 Å². The fourth-order valence-corrected chi connectivity index (χ4v) is 2.10. The van der Waals surface area contributed by atoms with Crippen LogP contribution in [0.4, 0.5) is 0 Å². The molecule has 5 heteroatoms. The molecule has 1 heterocycles. The largest absolute Gasteiger partial charge is 0.388 e. The molecule has 0 spiro atoms. The summed E-state index contributed by atoms with van der Waals surface area (Å²) < 4.78 is 5.47. The van der Waals surface area contributed by atoms with Crippen molar-refractivity contribution in [2.75, 3.05) is 0 Å². The van der Waals surface area contributed by atoms with E-state index in [2.05, 4.69) is 0 Å². The van der Waals surface area contributed by atoms with Gasteiger partial charge in [-0.1, -0.05) is 6.92 Å². The van der Waals surface area contributed by atoms with Crippen molar-refractivity contribution < 1.29 is 20.1 Å². The van der Waals surface area contributed by atoms with Crippen LogP contribution in [-0.4, -0.2) is 46.0 Å². The lowest BCUT2D eigenvalue weighted by molar-refractivity contribution is 0.00127. The van der Waals surface area contributed by atoms with Crippen molar-refractivity contribution >= 4 is 0 Å². The summed E-state index contributed by atoms with van der Waals surface area (Å²) >= 11 is 0. The Morgan fingerprint density at radius 1 is 1.25 bits per heavy atom. The fraction of sp³-hybridized carbons (Fsp3) is 1.00. The maximum Gasteiger partial charge on any atom is 0.109 e. The van der Waals surface area contributed by atoms with E-state index < -0.39 is 18.4 Å². The van der Waals surface area contributed by atoms with Gasteiger partial charge in [-0.3, -0.25) is 0 Å². The molecular weight excluding hydrogens is 210 g/mol. The number of nitrogens with two attached hydrogens (primary N) is 1. The molecule has 0 aromatic heterocycles. The molecule has 96 valence electrons. The number of hydrogen-bond donors (Lipinski definition) is 4. The van der Waals surface area contributed by atoms with Gasteiger partial charge in [0.2, 0.25) is 0 Å². The van der Waals surface area contributed by atoms with Gasteiger partial charge in [-0.25, -0.2) is 0 Å². The Hall–Kier alpha value is -0.200. The lowest BCUT2D eigenvalue weighted by atomic mass is 9.95. The second-order valence-electron chi connectivity index (χ2n) is 4.85. The molecule has 0 amide bonds.